The normalized spacial score (nSPS) is 12.2. The van der Waals surface area contributed by atoms with Crippen molar-refractivity contribution < 1.29 is 19.4 Å². The Morgan fingerprint density at radius 3 is 2.33 bits per heavy atom. The quantitative estimate of drug-likeness (QED) is 0.551. The lowest BCUT2D eigenvalue weighted by Gasteiger charge is -2.10. The number of fused-ring (bicyclic) bond motifs is 1. The van der Waals surface area contributed by atoms with E-state index in [0.717, 1.165) is 33.1 Å². The standard InChI is InChI=1S/C24H20BrNO4/c25-20-13-19-10-12-30-22(19)21(14-20)23(27)26-11-9-15-1-3-16(4-2-15)17-5-7-18(8-6-17)24(28)29/h1-8,13-14H,9-12H2,(H,26,27)(H,28,29). The Kier molecular flexibility index (Phi) is 5.86. The van der Waals surface area contributed by atoms with Crippen molar-refractivity contribution in [1.29, 1.82) is 0 Å². The van der Waals surface area contributed by atoms with Gasteiger partial charge in [-0.05, 0) is 52.9 Å². The third-order valence-corrected chi connectivity index (χ3v) is 5.57. The summed E-state index contributed by atoms with van der Waals surface area (Å²) in [6.45, 7) is 1.13. The Hall–Kier alpha value is -3.12. The minimum absolute atomic E-state index is 0.135. The molecule has 0 fully saturated rings. The Morgan fingerprint density at radius 1 is 1.00 bits per heavy atom. The molecular weight excluding hydrogens is 446 g/mol. The number of benzene rings is 3. The summed E-state index contributed by atoms with van der Waals surface area (Å²) in [5.74, 6) is -0.378. The van der Waals surface area contributed by atoms with Gasteiger partial charge in [0, 0.05) is 17.4 Å². The molecule has 5 nitrogen and oxygen atoms in total. The van der Waals surface area contributed by atoms with E-state index in [4.69, 9.17) is 9.84 Å². The molecule has 1 amide bonds. The first kappa shape index (κ1) is 20.2. The Balaban J connectivity index is 1.36. The highest BCUT2D eigenvalue weighted by atomic mass is 79.9. The van der Waals surface area contributed by atoms with Crippen LogP contribution in [0.25, 0.3) is 11.1 Å². The maximum absolute atomic E-state index is 12.6. The van der Waals surface area contributed by atoms with E-state index in [1.54, 1.807) is 30.3 Å². The molecular formula is C24H20BrNO4. The second-order valence-corrected chi connectivity index (χ2v) is 8.04. The average molecular weight is 466 g/mol. The van der Waals surface area contributed by atoms with Crippen molar-refractivity contribution in [2.45, 2.75) is 12.8 Å². The number of amides is 1. The van der Waals surface area contributed by atoms with Crippen molar-refractivity contribution in [3.63, 3.8) is 0 Å². The van der Waals surface area contributed by atoms with Crippen molar-refractivity contribution in [2.24, 2.45) is 0 Å². The molecule has 2 N–H and O–H groups in total. The van der Waals surface area contributed by atoms with Gasteiger partial charge in [-0.3, -0.25) is 4.79 Å². The fourth-order valence-corrected chi connectivity index (χ4v) is 4.03. The highest BCUT2D eigenvalue weighted by molar-refractivity contribution is 9.10. The maximum atomic E-state index is 12.6. The fourth-order valence-electron chi connectivity index (χ4n) is 3.52. The number of hydrogen-bond acceptors (Lipinski definition) is 3. The molecule has 3 aromatic carbocycles. The van der Waals surface area contributed by atoms with Crippen LogP contribution in [0.1, 0.15) is 31.8 Å². The molecule has 0 radical (unpaired) electrons. The summed E-state index contributed by atoms with van der Waals surface area (Å²) in [5, 5.41) is 12.0. The molecule has 0 saturated heterocycles. The molecule has 1 heterocycles. The molecule has 6 heteroatoms. The van der Waals surface area contributed by atoms with Crippen LogP contribution >= 0.6 is 15.9 Å². The van der Waals surface area contributed by atoms with Crippen LogP contribution in [-0.4, -0.2) is 30.1 Å². The summed E-state index contributed by atoms with van der Waals surface area (Å²) in [6.07, 6.45) is 1.53. The zero-order valence-electron chi connectivity index (χ0n) is 16.2. The van der Waals surface area contributed by atoms with E-state index in [-0.39, 0.29) is 11.5 Å². The summed E-state index contributed by atoms with van der Waals surface area (Å²) in [7, 11) is 0. The molecule has 152 valence electrons. The second kappa shape index (κ2) is 8.71. The first-order chi connectivity index (χ1) is 14.5. The van der Waals surface area contributed by atoms with E-state index in [2.05, 4.69) is 21.2 Å². The van der Waals surface area contributed by atoms with Crippen LogP contribution < -0.4 is 10.1 Å². The predicted octanol–water partition coefficient (Wildman–Crippen LogP) is 4.72. The number of rotatable bonds is 6. The average Bonchev–Trinajstić information content (AvgIpc) is 3.22. The molecule has 1 aliphatic rings. The van der Waals surface area contributed by atoms with Crippen LogP contribution in [0.4, 0.5) is 0 Å². The molecule has 0 atom stereocenters. The number of carbonyl (C=O) groups excluding carboxylic acids is 1. The van der Waals surface area contributed by atoms with Crippen molar-refractivity contribution in [3.8, 4) is 16.9 Å². The lowest BCUT2D eigenvalue weighted by atomic mass is 10.0. The molecule has 0 unspecified atom stereocenters. The van der Waals surface area contributed by atoms with Gasteiger partial charge in [0.15, 0.2) is 0 Å². The van der Waals surface area contributed by atoms with Gasteiger partial charge in [0.05, 0.1) is 17.7 Å². The topological polar surface area (TPSA) is 75.6 Å². The minimum Gasteiger partial charge on any atom is -0.492 e. The number of halogens is 1. The fraction of sp³-hybridized carbons (Fsp3) is 0.167. The predicted molar refractivity (Wildman–Crippen MR) is 118 cm³/mol. The van der Waals surface area contributed by atoms with Gasteiger partial charge in [0.1, 0.15) is 5.75 Å². The van der Waals surface area contributed by atoms with Crippen LogP contribution in [0.5, 0.6) is 5.75 Å². The van der Waals surface area contributed by atoms with Crippen molar-refractivity contribution in [2.75, 3.05) is 13.2 Å². The smallest absolute Gasteiger partial charge is 0.335 e. The Morgan fingerprint density at radius 2 is 1.67 bits per heavy atom. The van der Waals surface area contributed by atoms with Crippen molar-refractivity contribution in [1.82, 2.24) is 5.32 Å². The van der Waals surface area contributed by atoms with Gasteiger partial charge in [-0.15, -0.1) is 0 Å². The van der Waals surface area contributed by atoms with Gasteiger partial charge in [-0.25, -0.2) is 4.79 Å². The lowest BCUT2D eigenvalue weighted by molar-refractivity contribution is 0.0696. The lowest BCUT2D eigenvalue weighted by Crippen LogP contribution is -2.26. The first-order valence-electron chi connectivity index (χ1n) is 9.67. The third-order valence-electron chi connectivity index (χ3n) is 5.11. The van der Waals surface area contributed by atoms with Crippen molar-refractivity contribution >= 4 is 27.8 Å². The number of ether oxygens (including phenoxy) is 1. The van der Waals surface area contributed by atoms with Gasteiger partial charge in [-0.2, -0.15) is 0 Å². The SMILES string of the molecule is O=C(O)c1ccc(-c2ccc(CCNC(=O)c3cc(Br)cc4c3OCC4)cc2)cc1. The summed E-state index contributed by atoms with van der Waals surface area (Å²) in [6, 6.07) is 18.6. The van der Waals surface area contributed by atoms with Crippen molar-refractivity contribution in [3.05, 3.63) is 87.4 Å². The summed E-state index contributed by atoms with van der Waals surface area (Å²) < 4.78 is 6.51. The molecule has 0 bridgehead atoms. The van der Waals surface area contributed by atoms with Crippen LogP contribution in [0.15, 0.2) is 65.1 Å². The minimum atomic E-state index is -0.932. The van der Waals surface area contributed by atoms with E-state index >= 15 is 0 Å². The number of aromatic carboxylic acids is 1. The van der Waals surface area contributed by atoms with E-state index in [9.17, 15) is 9.59 Å². The first-order valence-corrected chi connectivity index (χ1v) is 10.5. The second-order valence-electron chi connectivity index (χ2n) is 7.13. The Bertz CT molecular complexity index is 1090. The number of carboxylic acids is 1. The zero-order valence-corrected chi connectivity index (χ0v) is 17.7. The summed E-state index contributed by atoms with van der Waals surface area (Å²) >= 11 is 3.46. The maximum Gasteiger partial charge on any atom is 0.335 e. The van der Waals surface area contributed by atoms with Crippen LogP contribution in [0.2, 0.25) is 0 Å². The summed E-state index contributed by atoms with van der Waals surface area (Å²) in [4.78, 5) is 23.6. The molecule has 0 aromatic heterocycles. The molecule has 4 rings (SSSR count). The van der Waals surface area contributed by atoms with Crippen LogP contribution in [0, 0.1) is 0 Å². The molecule has 30 heavy (non-hydrogen) atoms. The van der Waals surface area contributed by atoms with Gasteiger partial charge >= 0.3 is 5.97 Å². The molecule has 1 aliphatic heterocycles. The number of hydrogen-bond donors (Lipinski definition) is 2. The number of nitrogens with one attached hydrogen (secondary N) is 1. The van der Waals surface area contributed by atoms with Gasteiger partial charge in [-0.1, -0.05) is 52.3 Å². The number of carboxylic acid groups (broad SMARTS) is 1. The van der Waals surface area contributed by atoms with E-state index in [1.165, 1.54) is 0 Å². The van der Waals surface area contributed by atoms with E-state index in [1.807, 2.05) is 30.3 Å². The highest BCUT2D eigenvalue weighted by Gasteiger charge is 2.21. The number of carbonyl (C=O) groups is 2. The molecule has 0 aliphatic carbocycles. The van der Waals surface area contributed by atoms with E-state index < -0.39 is 5.97 Å². The third kappa shape index (κ3) is 4.39. The van der Waals surface area contributed by atoms with Gasteiger partial charge < -0.3 is 15.2 Å². The highest BCUT2D eigenvalue weighted by Crippen LogP contribution is 2.32. The van der Waals surface area contributed by atoms with Gasteiger partial charge in [0.2, 0.25) is 0 Å². The van der Waals surface area contributed by atoms with E-state index in [0.29, 0.717) is 30.9 Å². The van der Waals surface area contributed by atoms with Crippen LogP contribution in [0.3, 0.4) is 0 Å². The zero-order chi connectivity index (χ0) is 21.1. The molecule has 0 saturated carbocycles. The largest absolute Gasteiger partial charge is 0.492 e. The molecule has 3 aromatic rings. The molecule has 0 spiro atoms. The van der Waals surface area contributed by atoms with Gasteiger partial charge in [0.25, 0.3) is 5.91 Å². The summed E-state index contributed by atoms with van der Waals surface area (Å²) in [5.41, 5.74) is 4.98. The van der Waals surface area contributed by atoms with Crippen LogP contribution in [-0.2, 0) is 12.8 Å². The monoisotopic (exact) mass is 465 g/mol. The Labute approximate surface area is 182 Å².